The Bertz CT molecular complexity index is 1510. The molecule has 0 N–H and O–H groups in total. The average molecular weight is 573 g/mol. The molecule has 4 aromatic rings. The Morgan fingerprint density at radius 2 is 2.03 bits per heavy atom. The van der Waals surface area contributed by atoms with Crippen LogP contribution in [0, 0.1) is 5.82 Å². The third-order valence-electron chi connectivity index (χ3n) is 5.74. The monoisotopic (exact) mass is 571 g/mol. The van der Waals surface area contributed by atoms with Gasteiger partial charge in [-0.3, -0.25) is 4.79 Å². The Balaban J connectivity index is 1.81. The third-order valence-corrected chi connectivity index (χ3v) is 6.45. The molecule has 0 aliphatic heterocycles. The van der Waals surface area contributed by atoms with E-state index in [-0.39, 0.29) is 23.9 Å². The summed E-state index contributed by atoms with van der Waals surface area (Å²) in [6, 6.07) is 14.8. The molecular formula is C27H24BrClFN3O3. The fourth-order valence-electron chi connectivity index (χ4n) is 3.67. The number of halogens is 3. The number of hydrogen-bond acceptors (Lipinski definition) is 5. The second-order valence-electron chi connectivity index (χ2n) is 8.25. The molecule has 4 rings (SSSR count). The lowest BCUT2D eigenvalue weighted by Crippen LogP contribution is -2.23. The van der Waals surface area contributed by atoms with Crippen LogP contribution in [0.4, 0.5) is 4.39 Å². The summed E-state index contributed by atoms with van der Waals surface area (Å²) in [4.78, 5) is 18.2. The Kier molecular flexibility index (Phi) is 8.06. The number of ether oxygens (including phenoxy) is 2. The van der Waals surface area contributed by atoms with Crippen molar-refractivity contribution >= 4 is 44.6 Å². The van der Waals surface area contributed by atoms with E-state index in [1.807, 2.05) is 19.9 Å². The van der Waals surface area contributed by atoms with Crippen molar-refractivity contribution in [2.24, 2.45) is 5.10 Å². The number of aromatic nitrogens is 2. The molecule has 0 spiro atoms. The van der Waals surface area contributed by atoms with Gasteiger partial charge in [-0.2, -0.15) is 9.78 Å². The topological polar surface area (TPSA) is 65.7 Å². The average Bonchev–Trinajstić information content (AvgIpc) is 2.86. The minimum absolute atomic E-state index is 0.0134. The van der Waals surface area contributed by atoms with Gasteiger partial charge in [0.2, 0.25) is 0 Å². The maximum atomic E-state index is 13.6. The molecule has 0 unspecified atom stereocenters. The predicted molar refractivity (Wildman–Crippen MR) is 144 cm³/mol. The molecule has 9 heteroatoms. The normalized spacial score (nSPS) is 12.3. The van der Waals surface area contributed by atoms with E-state index in [4.69, 9.17) is 26.1 Å². The van der Waals surface area contributed by atoms with E-state index in [1.165, 1.54) is 30.1 Å². The van der Waals surface area contributed by atoms with Crippen LogP contribution in [0.1, 0.15) is 43.1 Å². The van der Waals surface area contributed by atoms with Crippen LogP contribution in [-0.2, 0) is 6.61 Å². The van der Waals surface area contributed by atoms with Crippen molar-refractivity contribution < 1.29 is 13.9 Å². The lowest BCUT2D eigenvalue weighted by molar-refractivity contribution is 0.283. The quantitative estimate of drug-likeness (QED) is 0.215. The Labute approximate surface area is 221 Å². The van der Waals surface area contributed by atoms with Crippen molar-refractivity contribution in [2.75, 3.05) is 7.11 Å². The highest BCUT2D eigenvalue weighted by Gasteiger charge is 2.17. The fraction of sp³-hybridized carbons (Fsp3) is 0.222. The van der Waals surface area contributed by atoms with Gasteiger partial charge in [0.1, 0.15) is 18.2 Å². The van der Waals surface area contributed by atoms with Crippen LogP contribution in [0.2, 0.25) is 5.02 Å². The summed E-state index contributed by atoms with van der Waals surface area (Å²) < 4.78 is 27.2. The van der Waals surface area contributed by atoms with Gasteiger partial charge in [0.25, 0.3) is 5.56 Å². The van der Waals surface area contributed by atoms with Crippen LogP contribution < -0.4 is 15.0 Å². The number of fused-ring (bicyclic) bond motifs is 1. The molecule has 0 bridgehead atoms. The second kappa shape index (κ2) is 11.2. The van der Waals surface area contributed by atoms with Crippen molar-refractivity contribution in [2.45, 2.75) is 32.8 Å². The molecule has 0 saturated carbocycles. The summed E-state index contributed by atoms with van der Waals surface area (Å²) in [6.45, 7) is 4.12. The first-order valence-corrected chi connectivity index (χ1v) is 12.5. The SMILES string of the molecule is CC[C@@H](C)c1nc2ccc(Br)cc2c(=O)n1N=Cc1cc(Cl)cc(OC)c1OCc1cccc(F)c1. The van der Waals surface area contributed by atoms with Crippen molar-refractivity contribution in [1.29, 1.82) is 0 Å². The van der Waals surface area contributed by atoms with Crippen LogP contribution >= 0.6 is 27.5 Å². The summed E-state index contributed by atoms with van der Waals surface area (Å²) in [6.07, 6.45) is 2.27. The minimum Gasteiger partial charge on any atom is -0.493 e. The van der Waals surface area contributed by atoms with Crippen molar-refractivity contribution in [3.8, 4) is 11.5 Å². The molecule has 0 saturated heterocycles. The van der Waals surface area contributed by atoms with Gasteiger partial charge in [-0.25, -0.2) is 9.37 Å². The zero-order chi connectivity index (χ0) is 25.8. The summed E-state index contributed by atoms with van der Waals surface area (Å²) in [5.74, 6) is 0.929. The van der Waals surface area contributed by atoms with Gasteiger partial charge < -0.3 is 9.47 Å². The van der Waals surface area contributed by atoms with Crippen LogP contribution in [0.3, 0.4) is 0 Å². The first kappa shape index (κ1) is 25.9. The Hall–Kier alpha value is -3.23. The number of nitrogens with zero attached hydrogens (tertiary/aromatic N) is 3. The molecule has 186 valence electrons. The summed E-state index contributed by atoms with van der Waals surface area (Å²) >= 11 is 9.74. The molecule has 1 heterocycles. The number of rotatable bonds is 8. The Morgan fingerprint density at radius 1 is 1.22 bits per heavy atom. The van der Waals surface area contributed by atoms with Crippen LogP contribution in [0.5, 0.6) is 11.5 Å². The molecule has 0 aliphatic carbocycles. The zero-order valence-corrected chi connectivity index (χ0v) is 22.3. The lowest BCUT2D eigenvalue weighted by atomic mass is 10.1. The van der Waals surface area contributed by atoms with E-state index in [0.717, 1.165) is 10.9 Å². The van der Waals surface area contributed by atoms with E-state index in [0.29, 0.717) is 44.4 Å². The second-order valence-corrected chi connectivity index (χ2v) is 9.60. The molecule has 0 amide bonds. The van der Waals surface area contributed by atoms with Gasteiger partial charge in [0, 0.05) is 27.0 Å². The fourth-order valence-corrected chi connectivity index (χ4v) is 4.25. The van der Waals surface area contributed by atoms with Crippen LogP contribution in [0.25, 0.3) is 10.9 Å². The van der Waals surface area contributed by atoms with E-state index in [1.54, 1.807) is 36.4 Å². The summed E-state index contributed by atoms with van der Waals surface area (Å²) in [7, 11) is 1.50. The molecular weight excluding hydrogens is 549 g/mol. The molecule has 36 heavy (non-hydrogen) atoms. The molecule has 0 fully saturated rings. The highest BCUT2D eigenvalue weighted by Crippen LogP contribution is 2.34. The number of benzene rings is 3. The summed E-state index contributed by atoms with van der Waals surface area (Å²) in [5.41, 5.74) is 1.46. The smallest absolute Gasteiger partial charge is 0.282 e. The molecule has 6 nitrogen and oxygen atoms in total. The van der Waals surface area contributed by atoms with Crippen molar-refractivity contribution in [3.63, 3.8) is 0 Å². The molecule has 1 atom stereocenters. The van der Waals surface area contributed by atoms with Gasteiger partial charge in [-0.1, -0.05) is 53.5 Å². The largest absolute Gasteiger partial charge is 0.493 e. The van der Waals surface area contributed by atoms with Crippen LogP contribution in [-0.4, -0.2) is 23.0 Å². The van der Waals surface area contributed by atoms with E-state index in [9.17, 15) is 9.18 Å². The van der Waals surface area contributed by atoms with Crippen molar-refractivity contribution in [1.82, 2.24) is 9.66 Å². The lowest BCUT2D eigenvalue weighted by Gasteiger charge is -2.15. The summed E-state index contributed by atoms with van der Waals surface area (Å²) in [5, 5.41) is 5.37. The van der Waals surface area contributed by atoms with E-state index >= 15 is 0 Å². The van der Waals surface area contributed by atoms with Gasteiger partial charge in [-0.05, 0) is 48.4 Å². The first-order valence-electron chi connectivity index (χ1n) is 11.3. The maximum Gasteiger partial charge on any atom is 0.282 e. The standard InChI is InChI=1S/C27H24BrClFN3O3/c1-4-16(2)26-32-23-9-8-19(28)12-22(23)27(34)33(26)31-14-18-11-20(29)13-24(35-3)25(18)36-15-17-6-5-7-21(30)10-17/h5-14,16H,4,15H2,1-3H3/t16-/m1/s1. The van der Waals surface area contributed by atoms with Gasteiger partial charge in [0.05, 0.1) is 24.2 Å². The van der Waals surface area contributed by atoms with E-state index in [2.05, 4.69) is 21.0 Å². The van der Waals surface area contributed by atoms with E-state index < -0.39 is 0 Å². The molecule has 0 aliphatic rings. The highest BCUT2D eigenvalue weighted by molar-refractivity contribution is 9.10. The van der Waals surface area contributed by atoms with Gasteiger partial charge >= 0.3 is 0 Å². The highest BCUT2D eigenvalue weighted by atomic mass is 79.9. The maximum absolute atomic E-state index is 13.6. The molecule has 3 aromatic carbocycles. The first-order chi connectivity index (χ1) is 17.3. The van der Waals surface area contributed by atoms with Crippen molar-refractivity contribution in [3.05, 3.63) is 97.2 Å². The predicted octanol–water partition coefficient (Wildman–Crippen LogP) is 6.93. The van der Waals surface area contributed by atoms with Gasteiger partial charge in [-0.15, -0.1) is 0 Å². The molecule has 1 aromatic heterocycles. The minimum atomic E-state index is -0.353. The third kappa shape index (κ3) is 5.60. The molecule has 0 radical (unpaired) electrons. The number of hydrogen-bond donors (Lipinski definition) is 0. The van der Waals surface area contributed by atoms with Crippen LogP contribution in [0.15, 0.2) is 69.0 Å². The van der Waals surface area contributed by atoms with Gasteiger partial charge in [0.15, 0.2) is 11.5 Å². The Morgan fingerprint density at radius 3 is 2.75 bits per heavy atom. The number of methoxy groups -OCH3 is 1. The zero-order valence-electron chi connectivity index (χ0n) is 20.0.